The Morgan fingerprint density at radius 3 is 2.54 bits per heavy atom. The predicted molar refractivity (Wildman–Crippen MR) is 54.8 cm³/mol. The molecule has 0 N–H and O–H groups in total. The molecule has 13 heavy (non-hydrogen) atoms. The van der Waals surface area contributed by atoms with Gasteiger partial charge in [-0.25, -0.2) is 4.98 Å². The standard InChI is InChI=1S/C10H10N2S/c1-7-4-3-5-9(11-7)10-12-8(2)6-13-10/h3-6H,1-2H3. The van der Waals surface area contributed by atoms with Gasteiger partial charge in [0.2, 0.25) is 0 Å². The van der Waals surface area contributed by atoms with E-state index in [4.69, 9.17) is 0 Å². The van der Waals surface area contributed by atoms with Gasteiger partial charge in [0.15, 0.2) is 0 Å². The maximum absolute atomic E-state index is 4.40. The maximum atomic E-state index is 4.40. The molecule has 2 aromatic heterocycles. The lowest BCUT2D eigenvalue weighted by Gasteiger charge is -1.95. The van der Waals surface area contributed by atoms with Gasteiger partial charge in [0.1, 0.15) is 5.01 Å². The molecule has 0 aliphatic rings. The van der Waals surface area contributed by atoms with Crippen molar-refractivity contribution in [3.63, 3.8) is 0 Å². The van der Waals surface area contributed by atoms with Crippen molar-refractivity contribution < 1.29 is 0 Å². The molecule has 2 aromatic rings. The molecule has 2 heterocycles. The molecule has 0 saturated heterocycles. The van der Waals surface area contributed by atoms with Gasteiger partial charge < -0.3 is 0 Å². The van der Waals surface area contributed by atoms with Crippen LogP contribution in [-0.2, 0) is 0 Å². The van der Waals surface area contributed by atoms with Gasteiger partial charge >= 0.3 is 0 Å². The molecular formula is C10H10N2S. The second-order valence-corrected chi connectivity index (χ2v) is 3.82. The van der Waals surface area contributed by atoms with Crippen LogP contribution in [0.25, 0.3) is 10.7 Å². The lowest BCUT2D eigenvalue weighted by Crippen LogP contribution is -1.85. The Hall–Kier alpha value is -1.22. The van der Waals surface area contributed by atoms with Crippen molar-refractivity contribution in [1.29, 1.82) is 0 Å². The van der Waals surface area contributed by atoms with E-state index < -0.39 is 0 Å². The maximum Gasteiger partial charge on any atom is 0.142 e. The summed E-state index contributed by atoms with van der Waals surface area (Å²) in [5.74, 6) is 0. The average molecular weight is 190 g/mol. The lowest BCUT2D eigenvalue weighted by atomic mass is 10.3. The molecule has 0 bridgehead atoms. The molecule has 0 amide bonds. The van der Waals surface area contributed by atoms with Gasteiger partial charge in [-0.05, 0) is 26.0 Å². The number of aryl methyl sites for hydroxylation is 2. The third kappa shape index (κ3) is 1.75. The smallest absolute Gasteiger partial charge is 0.142 e. The van der Waals surface area contributed by atoms with Gasteiger partial charge in [-0.3, -0.25) is 4.98 Å². The minimum absolute atomic E-state index is 0.970. The van der Waals surface area contributed by atoms with E-state index in [2.05, 4.69) is 9.97 Å². The van der Waals surface area contributed by atoms with Crippen molar-refractivity contribution in [3.05, 3.63) is 35.0 Å². The minimum Gasteiger partial charge on any atom is -0.251 e. The summed E-state index contributed by atoms with van der Waals surface area (Å²) in [5, 5.41) is 3.04. The second-order valence-electron chi connectivity index (χ2n) is 2.96. The van der Waals surface area contributed by atoms with E-state index in [1.165, 1.54) is 0 Å². The summed E-state index contributed by atoms with van der Waals surface area (Å²) in [6.45, 7) is 3.99. The molecule has 3 heteroatoms. The first-order valence-corrected chi connectivity index (χ1v) is 5.00. The van der Waals surface area contributed by atoms with E-state index in [0.29, 0.717) is 0 Å². The first-order chi connectivity index (χ1) is 6.25. The largest absolute Gasteiger partial charge is 0.251 e. The van der Waals surface area contributed by atoms with Gasteiger partial charge in [0, 0.05) is 16.8 Å². The number of thiazole rings is 1. The molecule has 0 radical (unpaired) electrons. The Bertz CT molecular complexity index is 420. The fourth-order valence-corrected chi connectivity index (χ4v) is 1.90. The summed E-state index contributed by atoms with van der Waals surface area (Å²) in [5.41, 5.74) is 3.06. The number of rotatable bonds is 1. The Balaban J connectivity index is 2.46. The summed E-state index contributed by atoms with van der Waals surface area (Å²) in [6.07, 6.45) is 0. The highest BCUT2D eigenvalue weighted by molar-refractivity contribution is 7.13. The van der Waals surface area contributed by atoms with Crippen LogP contribution >= 0.6 is 11.3 Å². The molecule has 0 saturated carbocycles. The molecule has 0 spiro atoms. The van der Waals surface area contributed by atoms with E-state index in [9.17, 15) is 0 Å². The highest BCUT2D eigenvalue weighted by Crippen LogP contribution is 2.21. The Kier molecular flexibility index (Phi) is 2.10. The fourth-order valence-electron chi connectivity index (χ4n) is 1.13. The molecule has 0 aromatic carbocycles. The number of hydrogen-bond donors (Lipinski definition) is 0. The number of nitrogens with zero attached hydrogens (tertiary/aromatic N) is 2. The molecule has 66 valence electrons. The summed E-state index contributed by atoms with van der Waals surface area (Å²) in [6, 6.07) is 5.99. The summed E-state index contributed by atoms with van der Waals surface area (Å²) < 4.78 is 0. The number of hydrogen-bond acceptors (Lipinski definition) is 3. The Morgan fingerprint density at radius 1 is 1.08 bits per heavy atom. The van der Waals surface area contributed by atoms with Crippen LogP contribution in [0.4, 0.5) is 0 Å². The zero-order valence-corrected chi connectivity index (χ0v) is 8.43. The second kappa shape index (κ2) is 3.26. The van der Waals surface area contributed by atoms with Crippen molar-refractivity contribution in [3.8, 4) is 10.7 Å². The quantitative estimate of drug-likeness (QED) is 0.691. The van der Waals surface area contributed by atoms with E-state index in [-0.39, 0.29) is 0 Å². The third-order valence-electron chi connectivity index (χ3n) is 1.73. The van der Waals surface area contributed by atoms with Gasteiger partial charge in [0.05, 0.1) is 5.69 Å². The first-order valence-electron chi connectivity index (χ1n) is 4.12. The van der Waals surface area contributed by atoms with Crippen molar-refractivity contribution in [2.45, 2.75) is 13.8 Å². The van der Waals surface area contributed by atoms with Crippen molar-refractivity contribution in [2.24, 2.45) is 0 Å². The number of pyridine rings is 1. The Morgan fingerprint density at radius 2 is 1.92 bits per heavy atom. The number of aromatic nitrogens is 2. The normalized spacial score (nSPS) is 10.3. The molecule has 2 nitrogen and oxygen atoms in total. The molecule has 0 fully saturated rings. The molecular weight excluding hydrogens is 180 g/mol. The van der Waals surface area contributed by atoms with Gasteiger partial charge in [-0.15, -0.1) is 11.3 Å². The van der Waals surface area contributed by atoms with Gasteiger partial charge in [-0.1, -0.05) is 6.07 Å². The molecule has 0 aliphatic heterocycles. The van der Waals surface area contributed by atoms with Crippen LogP contribution in [0.2, 0.25) is 0 Å². The van der Waals surface area contributed by atoms with E-state index >= 15 is 0 Å². The molecule has 0 atom stereocenters. The molecule has 2 rings (SSSR count). The summed E-state index contributed by atoms with van der Waals surface area (Å²) in [4.78, 5) is 8.78. The third-order valence-corrected chi connectivity index (χ3v) is 2.71. The summed E-state index contributed by atoms with van der Waals surface area (Å²) >= 11 is 1.64. The van der Waals surface area contributed by atoms with Crippen LogP contribution < -0.4 is 0 Å². The van der Waals surface area contributed by atoms with Gasteiger partial charge in [-0.2, -0.15) is 0 Å². The van der Waals surface area contributed by atoms with Crippen LogP contribution in [0.15, 0.2) is 23.6 Å². The van der Waals surface area contributed by atoms with Crippen LogP contribution in [-0.4, -0.2) is 9.97 Å². The lowest BCUT2D eigenvalue weighted by molar-refractivity contribution is 1.18. The Labute approximate surface area is 81.3 Å². The predicted octanol–water partition coefficient (Wildman–Crippen LogP) is 2.82. The fraction of sp³-hybridized carbons (Fsp3) is 0.200. The summed E-state index contributed by atoms with van der Waals surface area (Å²) in [7, 11) is 0. The van der Waals surface area contributed by atoms with Crippen LogP contribution in [0.1, 0.15) is 11.4 Å². The topological polar surface area (TPSA) is 25.8 Å². The van der Waals surface area contributed by atoms with Crippen molar-refractivity contribution in [2.75, 3.05) is 0 Å². The van der Waals surface area contributed by atoms with E-state index in [1.807, 2.05) is 37.4 Å². The zero-order valence-electron chi connectivity index (χ0n) is 7.61. The SMILES string of the molecule is Cc1cccc(-c2nc(C)cs2)n1. The van der Waals surface area contributed by atoms with Crippen molar-refractivity contribution in [1.82, 2.24) is 9.97 Å². The van der Waals surface area contributed by atoms with Crippen LogP contribution in [0, 0.1) is 13.8 Å². The van der Waals surface area contributed by atoms with Crippen molar-refractivity contribution >= 4 is 11.3 Å². The average Bonchev–Trinajstić information content (AvgIpc) is 2.52. The highest BCUT2D eigenvalue weighted by Gasteiger charge is 2.02. The molecule has 0 unspecified atom stereocenters. The van der Waals surface area contributed by atoms with E-state index in [1.54, 1.807) is 11.3 Å². The minimum atomic E-state index is 0.970. The van der Waals surface area contributed by atoms with Crippen LogP contribution in [0.5, 0.6) is 0 Å². The van der Waals surface area contributed by atoms with Crippen LogP contribution in [0.3, 0.4) is 0 Å². The van der Waals surface area contributed by atoms with E-state index in [0.717, 1.165) is 22.1 Å². The highest BCUT2D eigenvalue weighted by atomic mass is 32.1. The zero-order chi connectivity index (χ0) is 9.26. The molecule has 0 aliphatic carbocycles. The first kappa shape index (κ1) is 8.38. The van der Waals surface area contributed by atoms with Gasteiger partial charge in [0.25, 0.3) is 0 Å². The monoisotopic (exact) mass is 190 g/mol.